The summed E-state index contributed by atoms with van der Waals surface area (Å²) in [4.78, 5) is 30.8. The standard InChI is InChI=1S/C15H19N3O2/c1-11-13(19)18(10-12-4-8-16-9-5-12)15(14(20)17-11)6-2-3-7-15/h4-5,8-9,11H,2-3,6-7,10H2,1H3,(H,17,20). The van der Waals surface area contributed by atoms with Crippen LogP contribution in [0.3, 0.4) is 0 Å². The maximum Gasteiger partial charge on any atom is 0.246 e. The van der Waals surface area contributed by atoms with E-state index in [0.717, 1.165) is 31.2 Å². The van der Waals surface area contributed by atoms with Gasteiger partial charge < -0.3 is 10.2 Å². The van der Waals surface area contributed by atoms with Gasteiger partial charge in [0.05, 0.1) is 0 Å². The van der Waals surface area contributed by atoms with Crippen molar-refractivity contribution in [3.05, 3.63) is 30.1 Å². The quantitative estimate of drug-likeness (QED) is 0.882. The van der Waals surface area contributed by atoms with Crippen LogP contribution in [-0.2, 0) is 16.1 Å². The van der Waals surface area contributed by atoms with E-state index in [4.69, 9.17) is 0 Å². The zero-order chi connectivity index (χ0) is 14.2. The highest BCUT2D eigenvalue weighted by Crippen LogP contribution is 2.38. The molecule has 1 aliphatic heterocycles. The second-order valence-electron chi connectivity index (χ2n) is 5.71. The number of pyridine rings is 1. The van der Waals surface area contributed by atoms with Crippen LogP contribution in [0.25, 0.3) is 0 Å². The lowest BCUT2D eigenvalue weighted by molar-refractivity contribution is -0.157. The van der Waals surface area contributed by atoms with Gasteiger partial charge in [-0.15, -0.1) is 0 Å². The first-order valence-electron chi connectivity index (χ1n) is 7.15. The van der Waals surface area contributed by atoms with E-state index in [1.165, 1.54) is 0 Å². The number of hydrogen-bond acceptors (Lipinski definition) is 3. The van der Waals surface area contributed by atoms with Gasteiger partial charge in [0.1, 0.15) is 11.6 Å². The fourth-order valence-electron chi connectivity index (χ4n) is 3.32. The Labute approximate surface area is 118 Å². The predicted octanol–water partition coefficient (Wildman–Crippen LogP) is 1.24. The molecule has 1 aliphatic carbocycles. The van der Waals surface area contributed by atoms with Gasteiger partial charge in [-0.05, 0) is 37.5 Å². The molecule has 3 rings (SSSR count). The smallest absolute Gasteiger partial charge is 0.246 e. The Morgan fingerprint density at radius 3 is 2.60 bits per heavy atom. The molecule has 0 aromatic carbocycles. The van der Waals surface area contributed by atoms with E-state index >= 15 is 0 Å². The largest absolute Gasteiger partial charge is 0.343 e. The van der Waals surface area contributed by atoms with Crippen LogP contribution in [0.15, 0.2) is 24.5 Å². The first-order chi connectivity index (χ1) is 9.63. The molecule has 1 spiro atoms. The first-order valence-corrected chi connectivity index (χ1v) is 7.15. The fraction of sp³-hybridized carbons (Fsp3) is 0.533. The summed E-state index contributed by atoms with van der Waals surface area (Å²) in [6.45, 7) is 2.24. The SMILES string of the molecule is CC1NC(=O)C2(CCCC2)N(Cc2ccncc2)C1=O. The molecule has 1 atom stereocenters. The van der Waals surface area contributed by atoms with Gasteiger partial charge in [-0.2, -0.15) is 0 Å². The molecule has 2 heterocycles. The van der Waals surface area contributed by atoms with Crippen LogP contribution in [0.2, 0.25) is 0 Å². The van der Waals surface area contributed by atoms with E-state index in [-0.39, 0.29) is 11.8 Å². The van der Waals surface area contributed by atoms with Crippen molar-refractivity contribution in [3.8, 4) is 0 Å². The number of aromatic nitrogens is 1. The Hall–Kier alpha value is -1.91. The molecule has 2 amide bonds. The number of nitrogens with zero attached hydrogens (tertiary/aromatic N) is 2. The number of hydrogen-bond donors (Lipinski definition) is 1. The van der Waals surface area contributed by atoms with Crippen molar-refractivity contribution in [1.29, 1.82) is 0 Å². The third-order valence-electron chi connectivity index (χ3n) is 4.44. The van der Waals surface area contributed by atoms with Crippen molar-refractivity contribution in [2.45, 2.75) is 50.7 Å². The van der Waals surface area contributed by atoms with E-state index in [1.54, 1.807) is 24.2 Å². The summed E-state index contributed by atoms with van der Waals surface area (Å²) in [5.74, 6) is 0.0273. The van der Waals surface area contributed by atoms with Crippen LogP contribution in [0, 0.1) is 0 Å². The maximum absolute atomic E-state index is 12.5. The fourth-order valence-corrected chi connectivity index (χ4v) is 3.32. The van der Waals surface area contributed by atoms with Crippen LogP contribution in [0.4, 0.5) is 0 Å². The average molecular weight is 273 g/mol. The third kappa shape index (κ3) is 1.97. The van der Waals surface area contributed by atoms with Crippen LogP contribution < -0.4 is 5.32 Å². The minimum atomic E-state index is -0.632. The average Bonchev–Trinajstić information content (AvgIpc) is 2.94. The molecule has 5 heteroatoms. The van der Waals surface area contributed by atoms with Gasteiger partial charge in [0, 0.05) is 18.9 Å². The van der Waals surface area contributed by atoms with E-state index in [2.05, 4.69) is 10.3 Å². The molecule has 2 aliphatic rings. The van der Waals surface area contributed by atoms with Gasteiger partial charge in [0.2, 0.25) is 11.8 Å². The predicted molar refractivity (Wildman–Crippen MR) is 73.6 cm³/mol. The Bertz CT molecular complexity index is 523. The zero-order valence-corrected chi connectivity index (χ0v) is 11.6. The Balaban J connectivity index is 1.94. The van der Waals surface area contributed by atoms with E-state index < -0.39 is 11.6 Å². The summed E-state index contributed by atoms with van der Waals surface area (Å²) in [6.07, 6.45) is 6.97. The molecule has 1 N–H and O–H groups in total. The summed E-state index contributed by atoms with van der Waals surface area (Å²) in [6, 6.07) is 3.36. The second-order valence-corrected chi connectivity index (χ2v) is 5.71. The van der Waals surface area contributed by atoms with Gasteiger partial charge in [-0.1, -0.05) is 12.8 Å². The zero-order valence-electron chi connectivity index (χ0n) is 11.6. The number of amides is 2. The number of carbonyl (C=O) groups excluding carboxylic acids is 2. The monoisotopic (exact) mass is 273 g/mol. The lowest BCUT2D eigenvalue weighted by atomic mass is 9.89. The van der Waals surface area contributed by atoms with Crippen molar-refractivity contribution in [2.75, 3.05) is 0 Å². The first kappa shape index (κ1) is 13.1. The van der Waals surface area contributed by atoms with Gasteiger partial charge in [-0.25, -0.2) is 0 Å². The van der Waals surface area contributed by atoms with Crippen molar-refractivity contribution in [2.24, 2.45) is 0 Å². The molecule has 20 heavy (non-hydrogen) atoms. The Morgan fingerprint density at radius 2 is 1.95 bits per heavy atom. The number of nitrogens with one attached hydrogen (secondary N) is 1. The highest BCUT2D eigenvalue weighted by molar-refractivity contribution is 5.99. The van der Waals surface area contributed by atoms with E-state index in [9.17, 15) is 9.59 Å². The number of piperazine rings is 1. The minimum absolute atomic E-state index is 0.0103. The van der Waals surface area contributed by atoms with Crippen LogP contribution >= 0.6 is 0 Å². The Kier molecular flexibility index (Phi) is 3.20. The van der Waals surface area contributed by atoms with Gasteiger partial charge in [0.15, 0.2) is 0 Å². The summed E-state index contributed by atoms with van der Waals surface area (Å²) in [7, 11) is 0. The molecule has 1 aromatic rings. The number of rotatable bonds is 2. The molecular formula is C15H19N3O2. The molecule has 1 aromatic heterocycles. The lowest BCUT2D eigenvalue weighted by Gasteiger charge is -2.45. The number of carbonyl (C=O) groups is 2. The van der Waals surface area contributed by atoms with Gasteiger partial charge in [0.25, 0.3) is 0 Å². The molecule has 0 bridgehead atoms. The van der Waals surface area contributed by atoms with Crippen LogP contribution in [-0.4, -0.2) is 33.3 Å². The molecule has 1 unspecified atom stereocenters. The third-order valence-corrected chi connectivity index (χ3v) is 4.44. The molecular weight excluding hydrogens is 254 g/mol. The highest BCUT2D eigenvalue weighted by Gasteiger charge is 2.52. The summed E-state index contributed by atoms with van der Waals surface area (Å²) < 4.78 is 0. The summed E-state index contributed by atoms with van der Waals surface area (Å²) in [5.41, 5.74) is 0.383. The van der Waals surface area contributed by atoms with E-state index in [0.29, 0.717) is 6.54 Å². The Morgan fingerprint density at radius 1 is 1.30 bits per heavy atom. The molecule has 5 nitrogen and oxygen atoms in total. The maximum atomic E-state index is 12.5. The van der Waals surface area contributed by atoms with Crippen LogP contribution in [0.5, 0.6) is 0 Å². The second kappa shape index (κ2) is 4.89. The van der Waals surface area contributed by atoms with E-state index in [1.807, 2.05) is 12.1 Å². The van der Waals surface area contributed by atoms with Gasteiger partial charge >= 0.3 is 0 Å². The highest BCUT2D eigenvalue weighted by atomic mass is 16.2. The topological polar surface area (TPSA) is 62.3 Å². The van der Waals surface area contributed by atoms with Crippen LogP contribution in [0.1, 0.15) is 38.2 Å². The molecule has 0 radical (unpaired) electrons. The van der Waals surface area contributed by atoms with Crippen molar-refractivity contribution >= 4 is 11.8 Å². The van der Waals surface area contributed by atoms with Crippen molar-refractivity contribution < 1.29 is 9.59 Å². The minimum Gasteiger partial charge on any atom is -0.343 e. The van der Waals surface area contributed by atoms with Gasteiger partial charge in [-0.3, -0.25) is 14.6 Å². The molecule has 1 saturated heterocycles. The lowest BCUT2D eigenvalue weighted by Crippen LogP contribution is -2.68. The van der Waals surface area contributed by atoms with Crippen molar-refractivity contribution in [1.82, 2.24) is 15.2 Å². The summed E-state index contributed by atoms with van der Waals surface area (Å²) in [5, 5.41) is 2.84. The van der Waals surface area contributed by atoms with Crippen molar-refractivity contribution in [3.63, 3.8) is 0 Å². The summed E-state index contributed by atoms with van der Waals surface area (Å²) >= 11 is 0. The molecule has 2 fully saturated rings. The normalized spacial score (nSPS) is 25.1. The molecule has 106 valence electrons. The molecule has 1 saturated carbocycles.